The lowest BCUT2D eigenvalue weighted by Crippen LogP contribution is -2.43. The summed E-state index contributed by atoms with van der Waals surface area (Å²) >= 11 is 0. The predicted octanol–water partition coefficient (Wildman–Crippen LogP) is 2.97. The van der Waals surface area contributed by atoms with Crippen LogP contribution in [0.2, 0.25) is 0 Å². The van der Waals surface area contributed by atoms with E-state index in [1.165, 1.54) is 12.1 Å². The number of nitrogens with one attached hydrogen (secondary N) is 1. The third-order valence-electron chi connectivity index (χ3n) is 3.44. The normalized spacial score (nSPS) is 20.8. The van der Waals surface area contributed by atoms with Crippen molar-refractivity contribution in [3.05, 3.63) is 35.4 Å². The van der Waals surface area contributed by atoms with Gasteiger partial charge in [0.05, 0.1) is 5.41 Å². The van der Waals surface area contributed by atoms with Crippen LogP contribution in [0.15, 0.2) is 24.3 Å². The van der Waals surface area contributed by atoms with Crippen molar-refractivity contribution in [1.82, 2.24) is 10.4 Å². The number of hydrazine groups is 1. The number of rotatable bonds is 2. The Hall–Kier alpha value is -1.56. The van der Waals surface area contributed by atoms with Crippen LogP contribution in [0, 0.1) is 12.3 Å². The van der Waals surface area contributed by atoms with Gasteiger partial charge in [-0.3, -0.25) is 10.2 Å². The van der Waals surface area contributed by atoms with Crippen molar-refractivity contribution in [2.45, 2.75) is 33.0 Å². The van der Waals surface area contributed by atoms with E-state index in [9.17, 15) is 18.0 Å². The van der Waals surface area contributed by atoms with Crippen molar-refractivity contribution in [2.75, 3.05) is 6.54 Å². The average Bonchev–Trinajstić information content (AvgIpc) is 2.54. The highest BCUT2D eigenvalue weighted by molar-refractivity contribution is 5.83. The van der Waals surface area contributed by atoms with Crippen LogP contribution in [0.1, 0.15) is 31.0 Å². The second-order valence-electron chi connectivity index (χ2n) is 5.81. The maximum atomic E-state index is 13.3. The Morgan fingerprint density at radius 2 is 1.80 bits per heavy atom. The minimum Gasteiger partial charge on any atom is -0.287 e. The van der Waals surface area contributed by atoms with Gasteiger partial charge < -0.3 is 0 Å². The van der Waals surface area contributed by atoms with Gasteiger partial charge in [-0.05, 0) is 26.3 Å². The number of amides is 1. The summed E-state index contributed by atoms with van der Waals surface area (Å²) in [6.07, 6.45) is -4.46. The standard InChI is InChI=1S/C14H17F3N2O/c1-9-4-6-10(7-5-9)11(14(15,16)17)19-8-13(2,3)12(20)18-19/h4-7,11H,8H2,1-3H3,(H,18,20). The summed E-state index contributed by atoms with van der Waals surface area (Å²) in [4.78, 5) is 11.7. The third-order valence-corrected chi connectivity index (χ3v) is 3.44. The number of carbonyl (C=O) groups is 1. The Morgan fingerprint density at radius 3 is 2.20 bits per heavy atom. The van der Waals surface area contributed by atoms with Gasteiger partial charge in [0.25, 0.3) is 0 Å². The van der Waals surface area contributed by atoms with Crippen LogP contribution in [0.5, 0.6) is 0 Å². The van der Waals surface area contributed by atoms with Gasteiger partial charge in [0.1, 0.15) is 6.04 Å². The molecule has 0 aromatic heterocycles. The fraction of sp³-hybridized carbons (Fsp3) is 0.500. The maximum absolute atomic E-state index is 13.3. The molecule has 3 nitrogen and oxygen atoms in total. The van der Waals surface area contributed by atoms with Crippen molar-refractivity contribution < 1.29 is 18.0 Å². The third kappa shape index (κ3) is 2.80. The maximum Gasteiger partial charge on any atom is 0.409 e. The van der Waals surface area contributed by atoms with E-state index in [0.29, 0.717) is 0 Å². The fourth-order valence-electron chi connectivity index (χ4n) is 2.27. The van der Waals surface area contributed by atoms with Gasteiger partial charge in [-0.2, -0.15) is 13.2 Å². The van der Waals surface area contributed by atoms with E-state index in [-0.39, 0.29) is 18.0 Å². The monoisotopic (exact) mass is 286 g/mol. The van der Waals surface area contributed by atoms with E-state index in [1.54, 1.807) is 26.0 Å². The summed E-state index contributed by atoms with van der Waals surface area (Å²) in [6.45, 7) is 5.09. The molecular weight excluding hydrogens is 269 g/mol. The number of nitrogens with zero attached hydrogens (tertiary/aromatic N) is 1. The smallest absolute Gasteiger partial charge is 0.287 e. The number of hydrogen-bond donors (Lipinski definition) is 1. The first-order valence-corrected chi connectivity index (χ1v) is 6.32. The van der Waals surface area contributed by atoms with Crippen LogP contribution in [0.4, 0.5) is 13.2 Å². The molecule has 1 atom stereocenters. The fourth-order valence-corrected chi connectivity index (χ4v) is 2.27. The van der Waals surface area contributed by atoms with E-state index in [0.717, 1.165) is 10.6 Å². The van der Waals surface area contributed by atoms with E-state index in [4.69, 9.17) is 0 Å². The Balaban J connectivity index is 2.35. The average molecular weight is 286 g/mol. The number of hydrogen-bond acceptors (Lipinski definition) is 2. The minimum atomic E-state index is -4.46. The van der Waals surface area contributed by atoms with Crippen LogP contribution in [0.25, 0.3) is 0 Å². The molecule has 1 saturated heterocycles. The topological polar surface area (TPSA) is 32.3 Å². The number of aryl methyl sites for hydroxylation is 1. The number of alkyl halides is 3. The lowest BCUT2D eigenvalue weighted by Gasteiger charge is -2.29. The predicted molar refractivity (Wildman–Crippen MR) is 68.6 cm³/mol. The molecule has 1 fully saturated rings. The summed E-state index contributed by atoms with van der Waals surface area (Å²) < 4.78 is 40.0. The van der Waals surface area contributed by atoms with Gasteiger partial charge in [-0.15, -0.1) is 0 Å². The van der Waals surface area contributed by atoms with Gasteiger partial charge in [-0.1, -0.05) is 29.8 Å². The molecular formula is C14H17F3N2O. The van der Waals surface area contributed by atoms with Gasteiger partial charge in [0.2, 0.25) is 5.91 Å². The Kier molecular flexibility index (Phi) is 3.54. The van der Waals surface area contributed by atoms with E-state index in [2.05, 4.69) is 5.43 Å². The largest absolute Gasteiger partial charge is 0.409 e. The first-order chi connectivity index (χ1) is 9.11. The molecule has 1 N–H and O–H groups in total. The molecule has 1 unspecified atom stereocenters. The highest BCUT2D eigenvalue weighted by atomic mass is 19.4. The zero-order valence-corrected chi connectivity index (χ0v) is 11.6. The molecule has 1 aromatic carbocycles. The summed E-state index contributed by atoms with van der Waals surface area (Å²) in [5.74, 6) is -0.390. The minimum absolute atomic E-state index is 0.0177. The molecule has 0 saturated carbocycles. The van der Waals surface area contributed by atoms with Crippen molar-refractivity contribution in [1.29, 1.82) is 0 Å². The van der Waals surface area contributed by atoms with Crippen LogP contribution in [-0.4, -0.2) is 23.6 Å². The number of halogens is 3. The van der Waals surface area contributed by atoms with Crippen molar-refractivity contribution in [2.24, 2.45) is 5.41 Å². The first kappa shape index (κ1) is 14.8. The molecule has 0 spiro atoms. The second-order valence-corrected chi connectivity index (χ2v) is 5.81. The van der Waals surface area contributed by atoms with Crippen LogP contribution >= 0.6 is 0 Å². The van der Waals surface area contributed by atoms with Crippen LogP contribution in [-0.2, 0) is 4.79 Å². The molecule has 20 heavy (non-hydrogen) atoms. The van der Waals surface area contributed by atoms with Gasteiger partial charge in [-0.25, -0.2) is 5.01 Å². The van der Waals surface area contributed by atoms with Gasteiger partial charge >= 0.3 is 6.18 Å². The highest BCUT2D eigenvalue weighted by Gasteiger charge is 2.50. The molecule has 0 aliphatic carbocycles. The summed E-state index contributed by atoms with van der Waals surface area (Å²) in [6, 6.07) is 4.35. The van der Waals surface area contributed by atoms with Crippen molar-refractivity contribution in [3.63, 3.8) is 0 Å². The second kappa shape index (κ2) is 4.77. The molecule has 1 aromatic rings. The zero-order chi connectivity index (χ0) is 15.1. The van der Waals surface area contributed by atoms with Crippen molar-refractivity contribution in [3.8, 4) is 0 Å². The zero-order valence-electron chi connectivity index (χ0n) is 11.6. The summed E-state index contributed by atoms with van der Waals surface area (Å²) in [5, 5.41) is 0.979. The molecule has 0 radical (unpaired) electrons. The first-order valence-electron chi connectivity index (χ1n) is 6.32. The lowest BCUT2D eigenvalue weighted by atomic mass is 9.93. The molecule has 1 heterocycles. The van der Waals surface area contributed by atoms with E-state index in [1.807, 2.05) is 6.92 Å². The molecule has 2 rings (SSSR count). The SMILES string of the molecule is Cc1ccc(C(N2CC(C)(C)C(=O)N2)C(F)(F)F)cc1. The molecule has 0 bridgehead atoms. The van der Waals surface area contributed by atoms with Crippen molar-refractivity contribution >= 4 is 5.91 Å². The van der Waals surface area contributed by atoms with E-state index >= 15 is 0 Å². The molecule has 110 valence electrons. The molecule has 1 aliphatic rings. The summed E-state index contributed by atoms with van der Waals surface area (Å²) in [5.41, 5.74) is 2.53. The Morgan fingerprint density at radius 1 is 1.25 bits per heavy atom. The summed E-state index contributed by atoms with van der Waals surface area (Å²) in [7, 11) is 0. The number of benzene rings is 1. The lowest BCUT2D eigenvalue weighted by molar-refractivity contribution is -0.191. The highest BCUT2D eigenvalue weighted by Crippen LogP contribution is 2.40. The number of carbonyl (C=O) groups excluding carboxylic acids is 1. The molecule has 1 amide bonds. The van der Waals surface area contributed by atoms with Gasteiger partial charge in [0.15, 0.2) is 0 Å². The molecule has 1 aliphatic heterocycles. The Labute approximate surface area is 115 Å². The van der Waals surface area contributed by atoms with Crippen LogP contribution < -0.4 is 5.43 Å². The van der Waals surface area contributed by atoms with E-state index < -0.39 is 17.6 Å². The quantitative estimate of drug-likeness (QED) is 0.906. The van der Waals surface area contributed by atoms with Gasteiger partial charge in [0, 0.05) is 6.54 Å². The van der Waals surface area contributed by atoms with Crippen LogP contribution in [0.3, 0.4) is 0 Å². The Bertz CT molecular complexity index is 508. The molecule has 6 heteroatoms.